The minimum Gasteiger partial charge on any atom is -0.489 e. The quantitative estimate of drug-likeness (QED) is 0.227. The Hall–Kier alpha value is -1.81. The number of amides is 2. The normalized spacial score (nSPS) is 18.2. The molecular weight excluding hydrogens is 663 g/mol. The van der Waals surface area contributed by atoms with Gasteiger partial charge in [0.05, 0.1) is 0 Å². The van der Waals surface area contributed by atoms with Gasteiger partial charge in [-0.3, -0.25) is 9.59 Å². The first-order valence-corrected chi connectivity index (χ1v) is 14.9. The summed E-state index contributed by atoms with van der Waals surface area (Å²) in [4.78, 5) is 40.8. The molecule has 0 bridgehead atoms. The highest BCUT2D eigenvalue weighted by atomic mass is 79.9. The van der Waals surface area contributed by atoms with Crippen LogP contribution in [-0.2, 0) is 27.4 Å². The summed E-state index contributed by atoms with van der Waals surface area (Å²) in [7, 11) is 0. The van der Waals surface area contributed by atoms with E-state index in [1.807, 2.05) is 0 Å². The van der Waals surface area contributed by atoms with Crippen LogP contribution in [0.2, 0.25) is 10.0 Å². The molecule has 2 aromatic carbocycles. The van der Waals surface area contributed by atoms with Crippen molar-refractivity contribution in [3.63, 3.8) is 0 Å². The number of likely N-dealkylation sites (tertiary alicyclic amines) is 1. The number of aliphatic carboxylic acids is 1. The van der Waals surface area contributed by atoms with Gasteiger partial charge in [-0.25, -0.2) is 4.79 Å². The molecule has 0 saturated carbocycles. The van der Waals surface area contributed by atoms with E-state index in [9.17, 15) is 19.5 Å². The van der Waals surface area contributed by atoms with E-state index in [-0.39, 0.29) is 41.4 Å². The van der Waals surface area contributed by atoms with Gasteiger partial charge in [-0.05, 0) is 42.7 Å². The fraction of sp³-hybridized carbons (Fsp3) is 0.444. The number of alkyl halides is 2. The smallest absolute Gasteiger partial charge is 0.326 e. The number of carbonyl (C=O) groups excluding carboxylic acids is 2. The maximum absolute atomic E-state index is 13.5. The average Bonchev–Trinajstić information content (AvgIpc) is 3.23. The third-order valence-electron chi connectivity index (χ3n) is 6.93. The molecule has 206 valence electrons. The van der Waals surface area contributed by atoms with Gasteiger partial charge in [0.25, 0.3) is 0 Å². The lowest BCUT2D eigenvalue weighted by molar-refractivity contribution is -0.153. The summed E-state index contributed by atoms with van der Waals surface area (Å²) in [6.45, 7) is 4.68. The molecule has 3 atom stereocenters. The Morgan fingerprint density at radius 2 is 1.61 bits per heavy atom. The van der Waals surface area contributed by atoms with Gasteiger partial charge < -0.3 is 20.1 Å². The SMILES string of the molecule is CCC(CC)(C(=O)N[C@@H](Cc1ccc(OCc2c(Cl)cccc2Cl)cc1)C(=O)O)C(=O)N1CC(Br)C(Br)C1. The van der Waals surface area contributed by atoms with Crippen LogP contribution in [0, 0.1) is 5.41 Å². The van der Waals surface area contributed by atoms with Crippen LogP contribution in [0.15, 0.2) is 42.5 Å². The van der Waals surface area contributed by atoms with Crippen molar-refractivity contribution in [3.05, 3.63) is 63.6 Å². The first-order chi connectivity index (χ1) is 18.0. The Morgan fingerprint density at radius 1 is 1.05 bits per heavy atom. The molecule has 0 radical (unpaired) electrons. The minimum absolute atomic E-state index is 0.0477. The lowest BCUT2D eigenvalue weighted by Gasteiger charge is -2.34. The molecule has 38 heavy (non-hydrogen) atoms. The Morgan fingerprint density at radius 3 is 2.11 bits per heavy atom. The fourth-order valence-electron chi connectivity index (χ4n) is 4.44. The van der Waals surface area contributed by atoms with Crippen molar-refractivity contribution in [1.82, 2.24) is 10.2 Å². The van der Waals surface area contributed by atoms with Gasteiger partial charge in [0.1, 0.15) is 23.8 Å². The number of carbonyl (C=O) groups is 3. The van der Waals surface area contributed by atoms with E-state index in [4.69, 9.17) is 27.9 Å². The highest BCUT2D eigenvalue weighted by molar-refractivity contribution is 9.12. The molecule has 1 fully saturated rings. The Balaban J connectivity index is 1.68. The number of rotatable bonds is 11. The van der Waals surface area contributed by atoms with Crippen LogP contribution >= 0.6 is 55.1 Å². The summed E-state index contributed by atoms with van der Waals surface area (Å²) in [6.07, 6.45) is 0.572. The number of nitrogens with zero attached hydrogens (tertiary/aromatic N) is 1. The molecule has 0 aliphatic carbocycles. The second kappa shape index (κ2) is 13.5. The van der Waals surface area contributed by atoms with E-state index < -0.39 is 23.3 Å². The molecular formula is C27H30Br2Cl2N2O5. The van der Waals surface area contributed by atoms with Crippen molar-refractivity contribution < 1.29 is 24.2 Å². The number of carboxylic acid groups (broad SMARTS) is 1. The maximum atomic E-state index is 13.5. The van der Waals surface area contributed by atoms with E-state index in [1.54, 1.807) is 61.2 Å². The molecule has 2 amide bonds. The number of carboxylic acids is 1. The van der Waals surface area contributed by atoms with Crippen LogP contribution in [0.5, 0.6) is 5.75 Å². The van der Waals surface area contributed by atoms with Gasteiger partial charge in [0.2, 0.25) is 11.8 Å². The lowest BCUT2D eigenvalue weighted by atomic mass is 9.79. The Bertz CT molecular complexity index is 1130. The molecule has 2 N–H and O–H groups in total. The van der Waals surface area contributed by atoms with Crippen molar-refractivity contribution in [3.8, 4) is 5.75 Å². The number of hydrogen-bond acceptors (Lipinski definition) is 4. The predicted molar refractivity (Wildman–Crippen MR) is 156 cm³/mol. The third-order valence-corrected chi connectivity index (χ3v) is 10.2. The van der Waals surface area contributed by atoms with Crippen LogP contribution in [0.3, 0.4) is 0 Å². The number of nitrogens with one attached hydrogen (secondary N) is 1. The van der Waals surface area contributed by atoms with Gasteiger partial charge in [0.15, 0.2) is 0 Å². The standard InChI is InChI=1S/C27H30Br2Cl2N2O5/c1-3-27(4-2,26(37)33-13-19(28)20(29)14-33)25(36)32-23(24(34)35)12-16-8-10-17(11-9-16)38-15-18-21(30)6-5-7-22(18)31/h5-11,19-20,23H,3-4,12-15H2,1-2H3,(H,32,36)(H,34,35)/t19?,20?,23-/m0/s1. The van der Waals surface area contributed by atoms with Crippen molar-refractivity contribution in [2.75, 3.05) is 13.1 Å². The van der Waals surface area contributed by atoms with Gasteiger partial charge >= 0.3 is 5.97 Å². The molecule has 1 aliphatic rings. The van der Waals surface area contributed by atoms with Crippen molar-refractivity contribution >= 4 is 72.8 Å². The topological polar surface area (TPSA) is 95.9 Å². The number of benzene rings is 2. The fourth-order valence-corrected chi connectivity index (χ4v) is 5.98. The largest absolute Gasteiger partial charge is 0.489 e. The van der Waals surface area contributed by atoms with Gasteiger partial charge in [-0.2, -0.15) is 0 Å². The van der Waals surface area contributed by atoms with Gasteiger partial charge in [0, 0.05) is 44.8 Å². The van der Waals surface area contributed by atoms with Crippen LogP contribution < -0.4 is 10.1 Å². The number of ether oxygens (including phenoxy) is 1. The first kappa shape index (κ1) is 30.7. The lowest BCUT2D eigenvalue weighted by Crippen LogP contribution is -2.55. The summed E-state index contributed by atoms with van der Waals surface area (Å²) >= 11 is 19.5. The van der Waals surface area contributed by atoms with Crippen molar-refractivity contribution in [1.29, 1.82) is 0 Å². The zero-order chi connectivity index (χ0) is 28.0. The van der Waals surface area contributed by atoms with Crippen molar-refractivity contribution in [2.45, 2.75) is 55.4 Å². The summed E-state index contributed by atoms with van der Waals surface area (Å²) in [5, 5.41) is 13.5. The monoisotopic (exact) mass is 690 g/mol. The van der Waals surface area contributed by atoms with Gasteiger partial charge in [-0.15, -0.1) is 0 Å². The first-order valence-electron chi connectivity index (χ1n) is 12.3. The zero-order valence-corrected chi connectivity index (χ0v) is 25.7. The van der Waals surface area contributed by atoms with Crippen LogP contribution in [0.4, 0.5) is 0 Å². The summed E-state index contributed by atoms with van der Waals surface area (Å²) in [5.74, 6) is -1.47. The average molecular weight is 693 g/mol. The molecule has 1 heterocycles. The summed E-state index contributed by atoms with van der Waals surface area (Å²) in [5.41, 5.74) is 0.0232. The highest BCUT2D eigenvalue weighted by Crippen LogP contribution is 2.34. The summed E-state index contributed by atoms with van der Waals surface area (Å²) < 4.78 is 5.79. The zero-order valence-electron chi connectivity index (χ0n) is 21.1. The molecule has 7 nitrogen and oxygen atoms in total. The number of hydrogen-bond donors (Lipinski definition) is 2. The molecule has 0 aromatic heterocycles. The van der Waals surface area contributed by atoms with Gasteiger partial charge in [-0.1, -0.05) is 87.1 Å². The third kappa shape index (κ3) is 7.03. The molecule has 0 spiro atoms. The van der Waals surface area contributed by atoms with Crippen LogP contribution in [-0.4, -0.2) is 56.6 Å². The molecule has 1 saturated heterocycles. The molecule has 11 heteroatoms. The maximum Gasteiger partial charge on any atom is 0.326 e. The highest BCUT2D eigenvalue weighted by Gasteiger charge is 2.48. The van der Waals surface area contributed by atoms with E-state index in [1.165, 1.54) is 0 Å². The Labute approximate surface area is 249 Å². The van der Waals surface area contributed by atoms with Crippen LogP contribution in [0.1, 0.15) is 37.8 Å². The predicted octanol–water partition coefficient (Wildman–Crippen LogP) is 5.86. The molecule has 1 aliphatic heterocycles. The van der Waals surface area contributed by atoms with E-state index >= 15 is 0 Å². The molecule has 2 unspecified atom stereocenters. The van der Waals surface area contributed by atoms with E-state index in [0.29, 0.717) is 40.0 Å². The molecule has 2 aromatic rings. The van der Waals surface area contributed by atoms with E-state index in [0.717, 1.165) is 0 Å². The Kier molecular flexibility index (Phi) is 10.9. The van der Waals surface area contributed by atoms with Crippen molar-refractivity contribution in [2.24, 2.45) is 5.41 Å². The molecule has 3 rings (SSSR count). The summed E-state index contributed by atoms with van der Waals surface area (Å²) in [6, 6.07) is 10.9. The number of halogens is 4. The van der Waals surface area contributed by atoms with E-state index in [2.05, 4.69) is 37.2 Å². The minimum atomic E-state index is -1.34. The second-order valence-electron chi connectivity index (χ2n) is 9.23. The van der Waals surface area contributed by atoms with Crippen LogP contribution in [0.25, 0.3) is 0 Å². The second-order valence-corrected chi connectivity index (χ2v) is 12.4.